The van der Waals surface area contributed by atoms with E-state index in [-0.39, 0.29) is 6.04 Å². The van der Waals surface area contributed by atoms with Gasteiger partial charge in [0, 0.05) is 28.6 Å². The third-order valence-corrected chi connectivity index (χ3v) is 6.30. The summed E-state index contributed by atoms with van der Waals surface area (Å²) in [7, 11) is 2.20. The van der Waals surface area contributed by atoms with E-state index >= 15 is 0 Å². The summed E-state index contributed by atoms with van der Waals surface area (Å²) in [6, 6.07) is 6.33. The van der Waals surface area contributed by atoms with Gasteiger partial charge in [-0.3, -0.25) is 4.90 Å². The molecule has 1 aromatic rings. The Hall–Kier alpha value is -0.0900. The fourth-order valence-corrected chi connectivity index (χ4v) is 5.21. The molecule has 0 spiro atoms. The lowest BCUT2D eigenvalue weighted by molar-refractivity contribution is 0.176. The number of nitrogens with zero attached hydrogens (tertiary/aromatic N) is 1. The van der Waals surface area contributed by atoms with E-state index in [9.17, 15) is 0 Å². The van der Waals surface area contributed by atoms with Gasteiger partial charge in [0.15, 0.2) is 0 Å². The Morgan fingerprint density at radius 3 is 2.76 bits per heavy atom. The molecule has 2 aliphatic carbocycles. The minimum atomic E-state index is 0.213. The van der Waals surface area contributed by atoms with Crippen molar-refractivity contribution >= 4 is 27.5 Å². The number of rotatable bonds is 5. The van der Waals surface area contributed by atoms with Crippen molar-refractivity contribution in [2.75, 3.05) is 20.1 Å². The maximum atomic E-state index is 6.41. The SMILES string of the molecule is CN(CC1CC2CCC1C2)C(CN)c1ccc(Br)cc1Cl. The topological polar surface area (TPSA) is 29.3 Å². The van der Waals surface area contributed by atoms with Gasteiger partial charge >= 0.3 is 0 Å². The van der Waals surface area contributed by atoms with Gasteiger partial charge in [-0.1, -0.05) is 40.0 Å². The van der Waals surface area contributed by atoms with Crippen molar-refractivity contribution in [1.29, 1.82) is 0 Å². The van der Waals surface area contributed by atoms with Gasteiger partial charge in [0.2, 0.25) is 0 Å². The maximum absolute atomic E-state index is 6.41. The van der Waals surface area contributed by atoms with Gasteiger partial charge in [-0.05, 0) is 61.8 Å². The molecule has 0 heterocycles. The highest BCUT2D eigenvalue weighted by molar-refractivity contribution is 9.10. The molecule has 0 radical (unpaired) electrons. The molecular weight excluding hydrogens is 348 g/mol. The second-order valence-corrected chi connectivity index (χ2v) is 8.11. The number of nitrogens with two attached hydrogens (primary N) is 1. The molecule has 2 aliphatic rings. The molecule has 2 fully saturated rings. The molecule has 2 bridgehead atoms. The number of hydrogen-bond donors (Lipinski definition) is 1. The second kappa shape index (κ2) is 6.57. The first kappa shape index (κ1) is 15.8. The van der Waals surface area contributed by atoms with Crippen molar-refractivity contribution in [2.24, 2.45) is 23.5 Å². The first-order valence-corrected chi connectivity index (χ1v) is 9.10. The number of halogens is 2. The van der Waals surface area contributed by atoms with Crippen LogP contribution in [0.15, 0.2) is 22.7 Å². The van der Waals surface area contributed by atoms with E-state index in [1.54, 1.807) is 0 Å². The van der Waals surface area contributed by atoms with Crippen LogP contribution < -0.4 is 5.73 Å². The average Bonchev–Trinajstić information content (AvgIpc) is 3.04. The van der Waals surface area contributed by atoms with Gasteiger partial charge in [0.1, 0.15) is 0 Å². The van der Waals surface area contributed by atoms with Crippen LogP contribution in [0.5, 0.6) is 0 Å². The van der Waals surface area contributed by atoms with Crippen LogP contribution in [0, 0.1) is 17.8 Å². The van der Waals surface area contributed by atoms with Crippen LogP contribution in [-0.2, 0) is 0 Å². The zero-order valence-corrected chi connectivity index (χ0v) is 14.9. The Bertz CT molecular complexity index is 508. The third kappa shape index (κ3) is 3.31. The Balaban J connectivity index is 1.70. The molecule has 4 unspecified atom stereocenters. The highest BCUT2D eigenvalue weighted by atomic mass is 79.9. The number of benzene rings is 1. The van der Waals surface area contributed by atoms with Crippen molar-refractivity contribution in [1.82, 2.24) is 4.90 Å². The summed E-state index contributed by atoms with van der Waals surface area (Å²) < 4.78 is 1.02. The molecule has 21 heavy (non-hydrogen) atoms. The standard InChI is InChI=1S/C17H24BrClN2/c1-21(10-13-7-11-2-3-12(13)6-11)17(9-20)15-5-4-14(18)8-16(15)19/h4-5,8,11-13,17H,2-3,6-7,9-10,20H2,1H3. The van der Waals surface area contributed by atoms with Gasteiger partial charge < -0.3 is 5.73 Å². The van der Waals surface area contributed by atoms with Crippen molar-refractivity contribution in [2.45, 2.75) is 31.7 Å². The monoisotopic (exact) mass is 370 g/mol. The predicted molar refractivity (Wildman–Crippen MR) is 92.5 cm³/mol. The summed E-state index contributed by atoms with van der Waals surface area (Å²) in [6.45, 7) is 1.76. The second-order valence-electron chi connectivity index (χ2n) is 6.79. The van der Waals surface area contributed by atoms with Crippen LogP contribution in [0.2, 0.25) is 5.02 Å². The van der Waals surface area contributed by atoms with E-state index < -0.39 is 0 Å². The molecule has 3 rings (SSSR count). The van der Waals surface area contributed by atoms with Crippen LogP contribution >= 0.6 is 27.5 Å². The Kier molecular flexibility index (Phi) is 4.94. The minimum absolute atomic E-state index is 0.213. The van der Waals surface area contributed by atoms with Crippen molar-refractivity contribution in [3.63, 3.8) is 0 Å². The lowest BCUT2D eigenvalue weighted by atomic mass is 9.88. The Morgan fingerprint density at radius 1 is 1.38 bits per heavy atom. The predicted octanol–water partition coefficient (Wildman–Crippen LogP) is 4.47. The summed E-state index contributed by atoms with van der Waals surface area (Å²) in [5.74, 6) is 2.81. The Morgan fingerprint density at radius 2 is 2.19 bits per heavy atom. The number of fused-ring (bicyclic) bond motifs is 2. The lowest BCUT2D eigenvalue weighted by Crippen LogP contribution is -2.35. The van der Waals surface area contributed by atoms with Gasteiger partial charge in [-0.2, -0.15) is 0 Å². The van der Waals surface area contributed by atoms with Crippen LogP contribution in [0.1, 0.15) is 37.3 Å². The van der Waals surface area contributed by atoms with E-state index in [1.165, 1.54) is 25.7 Å². The molecule has 2 nitrogen and oxygen atoms in total. The fraction of sp³-hybridized carbons (Fsp3) is 0.647. The molecule has 2 N–H and O–H groups in total. The average molecular weight is 372 g/mol. The first-order valence-electron chi connectivity index (χ1n) is 7.93. The van der Waals surface area contributed by atoms with Crippen LogP contribution in [0.25, 0.3) is 0 Å². The quantitative estimate of drug-likeness (QED) is 0.827. The normalized spacial score (nSPS) is 29.3. The van der Waals surface area contributed by atoms with Gasteiger partial charge in [0.05, 0.1) is 0 Å². The largest absolute Gasteiger partial charge is 0.329 e. The summed E-state index contributed by atoms with van der Waals surface area (Å²) in [5.41, 5.74) is 7.20. The highest BCUT2D eigenvalue weighted by Crippen LogP contribution is 2.48. The molecular formula is C17H24BrClN2. The van der Waals surface area contributed by atoms with Crippen LogP contribution in [0.3, 0.4) is 0 Å². The van der Waals surface area contributed by atoms with E-state index in [4.69, 9.17) is 17.3 Å². The van der Waals surface area contributed by atoms with Crippen molar-refractivity contribution in [3.05, 3.63) is 33.3 Å². The van der Waals surface area contributed by atoms with Crippen LogP contribution in [0.4, 0.5) is 0 Å². The fourth-order valence-electron chi connectivity index (χ4n) is 4.41. The zero-order valence-electron chi connectivity index (χ0n) is 12.6. The van der Waals surface area contributed by atoms with E-state index in [0.717, 1.165) is 39.4 Å². The Labute approximate surface area is 141 Å². The molecule has 4 heteroatoms. The van der Waals surface area contributed by atoms with Crippen molar-refractivity contribution < 1.29 is 0 Å². The number of likely N-dealkylation sites (N-methyl/N-ethyl adjacent to an activating group) is 1. The van der Waals surface area contributed by atoms with E-state index in [0.29, 0.717) is 6.54 Å². The van der Waals surface area contributed by atoms with Crippen LogP contribution in [-0.4, -0.2) is 25.0 Å². The zero-order chi connectivity index (χ0) is 15.0. The van der Waals surface area contributed by atoms with Gasteiger partial charge in [0.25, 0.3) is 0 Å². The molecule has 0 saturated heterocycles. The van der Waals surface area contributed by atoms with Crippen molar-refractivity contribution in [3.8, 4) is 0 Å². The maximum Gasteiger partial charge on any atom is 0.0482 e. The highest BCUT2D eigenvalue weighted by Gasteiger charge is 2.40. The first-order chi connectivity index (χ1) is 10.1. The van der Waals surface area contributed by atoms with Gasteiger partial charge in [-0.15, -0.1) is 0 Å². The molecule has 4 atom stereocenters. The molecule has 116 valence electrons. The van der Waals surface area contributed by atoms with E-state index in [2.05, 4.69) is 40.0 Å². The molecule has 0 aromatic heterocycles. The summed E-state index contributed by atoms with van der Waals surface area (Å²) >= 11 is 9.88. The summed E-state index contributed by atoms with van der Waals surface area (Å²) in [4.78, 5) is 2.42. The molecule has 0 amide bonds. The smallest absolute Gasteiger partial charge is 0.0482 e. The van der Waals surface area contributed by atoms with E-state index in [1.807, 2.05) is 6.07 Å². The molecule has 1 aromatic carbocycles. The summed E-state index contributed by atoms with van der Waals surface area (Å²) in [5, 5.41) is 0.805. The minimum Gasteiger partial charge on any atom is -0.329 e. The third-order valence-electron chi connectivity index (χ3n) is 5.48. The summed E-state index contributed by atoms with van der Waals surface area (Å²) in [6.07, 6.45) is 5.78. The van der Waals surface area contributed by atoms with Gasteiger partial charge in [-0.25, -0.2) is 0 Å². The lowest BCUT2D eigenvalue weighted by Gasteiger charge is -2.33. The molecule has 0 aliphatic heterocycles. The molecule has 2 saturated carbocycles. The number of hydrogen-bond acceptors (Lipinski definition) is 2.